The Morgan fingerprint density at radius 3 is 2.83 bits per heavy atom. The molecule has 0 aromatic heterocycles. The zero-order chi connectivity index (χ0) is 16.4. The molecule has 0 bridgehead atoms. The van der Waals surface area contributed by atoms with E-state index >= 15 is 0 Å². The summed E-state index contributed by atoms with van der Waals surface area (Å²) in [4.78, 5) is 17.3. The molecule has 0 N–H and O–H groups in total. The molecule has 2 saturated heterocycles. The number of fused-ring (bicyclic) bond motifs is 1. The molecule has 2 aliphatic rings. The van der Waals surface area contributed by atoms with Crippen LogP contribution in [0.4, 0.5) is 0 Å². The maximum Gasteiger partial charge on any atom is 0.323 e. The molecule has 0 aliphatic carbocycles. The topological polar surface area (TPSA) is 78.3 Å². The van der Waals surface area contributed by atoms with E-state index in [1.807, 2.05) is 12.1 Å². The van der Waals surface area contributed by atoms with Gasteiger partial charge in [-0.2, -0.15) is 0 Å². The number of rotatable bonds is 3. The molecular formula is C16H19BrN4O2. The van der Waals surface area contributed by atoms with Crippen LogP contribution in [0, 0.1) is 5.92 Å². The molecule has 1 aromatic carbocycles. The fourth-order valence-corrected chi connectivity index (χ4v) is 3.94. The number of hydrogen-bond donors (Lipinski definition) is 0. The van der Waals surface area contributed by atoms with Crippen molar-refractivity contribution in [1.82, 2.24) is 4.90 Å². The van der Waals surface area contributed by atoms with Gasteiger partial charge in [-0.15, -0.1) is 0 Å². The average Bonchev–Trinajstić information content (AvgIpc) is 2.54. The lowest BCUT2D eigenvalue weighted by molar-refractivity contribution is -0.173. The van der Waals surface area contributed by atoms with E-state index in [1.165, 1.54) is 5.56 Å². The third-order valence-corrected chi connectivity index (χ3v) is 5.25. The summed E-state index contributed by atoms with van der Waals surface area (Å²) >= 11 is 3.47. The van der Waals surface area contributed by atoms with Gasteiger partial charge in [0.2, 0.25) is 0 Å². The third-order valence-electron chi connectivity index (χ3n) is 4.72. The number of piperidine rings is 1. The molecule has 0 spiro atoms. The number of esters is 1. The van der Waals surface area contributed by atoms with Crippen LogP contribution in [0.25, 0.3) is 10.4 Å². The first kappa shape index (κ1) is 16.3. The molecule has 4 atom stereocenters. The first-order chi connectivity index (χ1) is 11.1. The Kier molecular flexibility index (Phi) is 4.90. The number of cyclic esters (lactones) is 1. The Morgan fingerprint density at radius 2 is 2.13 bits per heavy atom. The molecule has 2 heterocycles. The second-order valence-corrected chi connectivity index (χ2v) is 7.15. The van der Waals surface area contributed by atoms with Crippen molar-refractivity contribution >= 4 is 21.9 Å². The molecule has 0 amide bonds. The molecule has 2 fully saturated rings. The van der Waals surface area contributed by atoms with E-state index < -0.39 is 0 Å². The molecule has 0 radical (unpaired) electrons. The zero-order valence-corrected chi connectivity index (χ0v) is 14.5. The lowest BCUT2D eigenvalue weighted by Crippen LogP contribution is -2.57. The maximum atomic E-state index is 12.3. The first-order valence-corrected chi connectivity index (χ1v) is 8.62. The van der Waals surface area contributed by atoms with Crippen molar-refractivity contribution in [3.05, 3.63) is 44.7 Å². The van der Waals surface area contributed by atoms with Crippen molar-refractivity contribution < 1.29 is 9.53 Å². The Hall–Kier alpha value is -1.56. The highest BCUT2D eigenvalue weighted by Crippen LogP contribution is 2.41. The SMILES string of the molecule is C[C@@H]1CC[C@H]2C(=O)O[C@H](CN=[N+]=[N-])CN2[C@@H]1c1ccc(Br)cc1. The maximum absolute atomic E-state index is 12.3. The van der Waals surface area contributed by atoms with Crippen LogP contribution in [-0.4, -0.2) is 36.1 Å². The lowest BCUT2D eigenvalue weighted by Gasteiger charge is -2.48. The third kappa shape index (κ3) is 3.37. The number of carbonyl (C=O) groups is 1. The van der Waals surface area contributed by atoms with Gasteiger partial charge in [-0.1, -0.05) is 40.1 Å². The van der Waals surface area contributed by atoms with Crippen molar-refractivity contribution in [2.75, 3.05) is 13.1 Å². The summed E-state index contributed by atoms with van der Waals surface area (Å²) in [6, 6.07) is 8.27. The highest BCUT2D eigenvalue weighted by molar-refractivity contribution is 9.10. The van der Waals surface area contributed by atoms with Crippen molar-refractivity contribution in [3.63, 3.8) is 0 Å². The van der Waals surface area contributed by atoms with E-state index in [0.717, 1.165) is 17.3 Å². The van der Waals surface area contributed by atoms with Crippen molar-refractivity contribution in [1.29, 1.82) is 0 Å². The number of carbonyl (C=O) groups excluding carboxylic acids is 1. The van der Waals surface area contributed by atoms with Gasteiger partial charge in [0.25, 0.3) is 0 Å². The summed E-state index contributed by atoms with van der Waals surface area (Å²) in [5.74, 6) is 0.266. The number of morpholine rings is 1. The highest BCUT2D eigenvalue weighted by Gasteiger charge is 2.44. The monoisotopic (exact) mass is 378 g/mol. The van der Waals surface area contributed by atoms with Gasteiger partial charge < -0.3 is 4.74 Å². The van der Waals surface area contributed by atoms with Crippen molar-refractivity contribution in [3.8, 4) is 0 Å². The second kappa shape index (κ2) is 6.91. The number of ether oxygens (including phenoxy) is 1. The fourth-order valence-electron chi connectivity index (χ4n) is 3.68. The van der Waals surface area contributed by atoms with Crippen LogP contribution >= 0.6 is 15.9 Å². The van der Waals surface area contributed by atoms with Crippen LogP contribution in [0.15, 0.2) is 33.9 Å². The van der Waals surface area contributed by atoms with Crippen LogP contribution < -0.4 is 0 Å². The largest absolute Gasteiger partial charge is 0.460 e. The molecule has 23 heavy (non-hydrogen) atoms. The molecule has 0 saturated carbocycles. The van der Waals surface area contributed by atoms with Crippen molar-refractivity contribution in [2.24, 2.45) is 11.0 Å². The van der Waals surface area contributed by atoms with Gasteiger partial charge in [-0.05, 0) is 42.0 Å². The fraction of sp³-hybridized carbons (Fsp3) is 0.562. The summed E-state index contributed by atoms with van der Waals surface area (Å²) in [6.07, 6.45) is 1.46. The Morgan fingerprint density at radius 1 is 1.39 bits per heavy atom. The summed E-state index contributed by atoms with van der Waals surface area (Å²) in [7, 11) is 0. The normalized spacial score (nSPS) is 31.0. The molecule has 6 nitrogen and oxygen atoms in total. The van der Waals surface area contributed by atoms with E-state index in [2.05, 4.69) is 49.9 Å². The molecule has 7 heteroatoms. The predicted octanol–water partition coefficient (Wildman–Crippen LogP) is 3.83. The van der Waals surface area contributed by atoms with Gasteiger partial charge in [0.15, 0.2) is 0 Å². The smallest absolute Gasteiger partial charge is 0.323 e. The standard InChI is InChI=1S/C16H19BrN4O2/c1-10-2-7-14-16(22)23-13(8-19-20-18)9-21(14)15(10)11-3-5-12(17)6-4-11/h3-6,10,13-15H,2,7-9H2,1H3/t10-,13-,14+,15+/m1/s1. The number of benzene rings is 1. The second-order valence-electron chi connectivity index (χ2n) is 6.24. The van der Waals surface area contributed by atoms with E-state index in [-0.39, 0.29) is 30.7 Å². The minimum absolute atomic E-state index is 0.184. The van der Waals surface area contributed by atoms with Crippen LogP contribution in [0.3, 0.4) is 0 Å². The minimum Gasteiger partial charge on any atom is -0.460 e. The Labute approximate surface area is 143 Å². The highest BCUT2D eigenvalue weighted by atomic mass is 79.9. The molecule has 0 unspecified atom stereocenters. The molecule has 122 valence electrons. The van der Waals surface area contributed by atoms with E-state index in [4.69, 9.17) is 10.3 Å². The number of hydrogen-bond acceptors (Lipinski definition) is 4. The number of halogens is 1. The average molecular weight is 379 g/mol. The molecule has 3 rings (SSSR count). The van der Waals surface area contributed by atoms with Gasteiger partial charge in [-0.25, -0.2) is 0 Å². The van der Waals surface area contributed by atoms with E-state index in [9.17, 15) is 4.79 Å². The van der Waals surface area contributed by atoms with Gasteiger partial charge in [-0.3, -0.25) is 9.69 Å². The van der Waals surface area contributed by atoms with Gasteiger partial charge in [0, 0.05) is 22.0 Å². The van der Waals surface area contributed by atoms with Gasteiger partial charge in [0.1, 0.15) is 12.1 Å². The Balaban J connectivity index is 1.88. The minimum atomic E-state index is -0.363. The quantitative estimate of drug-likeness (QED) is 0.347. The van der Waals surface area contributed by atoms with Crippen LogP contribution in [-0.2, 0) is 9.53 Å². The summed E-state index contributed by atoms with van der Waals surface area (Å²) in [6.45, 7) is 3.03. The van der Waals surface area contributed by atoms with Crippen LogP contribution in [0.2, 0.25) is 0 Å². The summed E-state index contributed by atoms with van der Waals surface area (Å²) in [5, 5.41) is 3.57. The van der Waals surface area contributed by atoms with Crippen LogP contribution in [0.5, 0.6) is 0 Å². The van der Waals surface area contributed by atoms with Gasteiger partial charge in [0.05, 0.1) is 6.54 Å². The van der Waals surface area contributed by atoms with Crippen LogP contribution in [0.1, 0.15) is 31.4 Å². The zero-order valence-electron chi connectivity index (χ0n) is 12.9. The number of nitrogens with zero attached hydrogens (tertiary/aromatic N) is 4. The molecule has 2 aliphatic heterocycles. The molecule has 1 aromatic rings. The molecular weight excluding hydrogens is 360 g/mol. The predicted molar refractivity (Wildman–Crippen MR) is 89.7 cm³/mol. The summed E-state index contributed by atoms with van der Waals surface area (Å²) < 4.78 is 6.49. The van der Waals surface area contributed by atoms with E-state index in [1.54, 1.807) is 0 Å². The summed E-state index contributed by atoms with van der Waals surface area (Å²) in [5.41, 5.74) is 9.70. The van der Waals surface area contributed by atoms with Crippen molar-refractivity contribution in [2.45, 2.75) is 38.0 Å². The van der Waals surface area contributed by atoms with Gasteiger partial charge >= 0.3 is 5.97 Å². The van der Waals surface area contributed by atoms with E-state index in [0.29, 0.717) is 12.5 Å². The lowest BCUT2D eigenvalue weighted by atomic mass is 9.82. The number of azide groups is 1. The Bertz CT molecular complexity index is 629. The first-order valence-electron chi connectivity index (χ1n) is 7.82.